The van der Waals surface area contributed by atoms with Crippen molar-refractivity contribution in [2.24, 2.45) is 0 Å². The number of carbonyl (C=O) groups is 1. The topological polar surface area (TPSA) is 81.5 Å². The maximum Gasteiger partial charge on any atom is 0.339 e. The van der Waals surface area contributed by atoms with E-state index in [1.165, 1.54) is 18.9 Å². The van der Waals surface area contributed by atoms with Gasteiger partial charge in [-0.3, -0.25) is 0 Å². The van der Waals surface area contributed by atoms with Gasteiger partial charge in [0.25, 0.3) is 0 Å². The fourth-order valence-corrected chi connectivity index (χ4v) is 3.67. The van der Waals surface area contributed by atoms with Crippen LogP contribution in [0.1, 0.15) is 17.0 Å². The summed E-state index contributed by atoms with van der Waals surface area (Å²) < 4.78 is 11.1. The second-order valence-corrected chi connectivity index (χ2v) is 7.27. The van der Waals surface area contributed by atoms with Crippen molar-refractivity contribution in [3.8, 4) is 22.8 Å². The Bertz CT molecular complexity index is 1110. The molecule has 154 valence electrons. The minimum Gasteiger partial charge on any atom is -0.503 e. The Morgan fingerprint density at radius 1 is 1.10 bits per heavy atom. The number of nitrogens with zero attached hydrogens (tertiary/aromatic N) is 2. The van der Waals surface area contributed by atoms with Crippen LogP contribution in [0.4, 0.5) is 0 Å². The second kappa shape index (κ2) is 9.45. The summed E-state index contributed by atoms with van der Waals surface area (Å²) >= 11 is 1.32. The average molecular weight is 423 g/mol. The fraction of sp³-hybridized carbons (Fsp3) is 0.174. The number of ether oxygens (including phenoxy) is 2. The first-order valence-electron chi connectivity index (χ1n) is 9.17. The maximum atomic E-state index is 11.9. The quantitative estimate of drug-likeness (QED) is 0.238. The highest BCUT2D eigenvalue weighted by Gasteiger charge is 2.24. The summed E-state index contributed by atoms with van der Waals surface area (Å²) in [6.45, 7) is 3.79. The lowest BCUT2D eigenvalue weighted by molar-refractivity contribution is -0.130. The SMILES string of the molecule is CO/C=C(/C(=O)O)c1c(Oc2cccc(-c3ccccc3C)c2)nc(C)nc1SC. The molecule has 0 radical (unpaired) electrons. The Hall–Kier alpha value is -3.32. The van der Waals surface area contributed by atoms with Gasteiger partial charge in [-0.1, -0.05) is 36.4 Å². The van der Waals surface area contributed by atoms with Crippen molar-refractivity contribution in [3.63, 3.8) is 0 Å². The number of thioether (sulfide) groups is 1. The molecule has 3 rings (SSSR count). The summed E-state index contributed by atoms with van der Waals surface area (Å²) in [6.07, 6.45) is 2.98. The van der Waals surface area contributed by atoms with Gasteiger partial charge in [0.1, 0.15) is 22.2 Å². The minimum atomic E-state index is -1.15. The molecular formula is C23H22N2O4S. The highest BCUT2D eigenvalue weighted by Crippen LogP contribution is 2.36. The van der Waals surface area contributed by atoms with Gasteiger partial charge in [-0.2, -0.15) is 4.98 Å². The van der Waals surface area contributed by atoms with Crippen LogP contribution in [0.3, 0.4) is 0 Å². The summed E-state index contributed by atoms with van der Waals surface area (Å²) in [5, 5.41) is 10.2. The van der Waals surface area contributed by atoms with E-state index in [-0.39, 0.29) is 17.0 Å². The fourth-order valence-electron chi connectivity index (χ4n) is 3.04. The van der Waals surface area contributed by atoms with Crippen molar-refractivity contribution < 1.29 is 19.4 Å². The van der Waals surface area contributed by atoms with E-state index in [0.29, 0.717) is 16.6 Å². The molecule has 1 aromatic heterocycles. The lowest BCUT2D eigenvalue weighted by atomic mass is 10.0. The number of carboxylic acid groups (broad SMARTS) is 1. The number of aliphatic carboxylic acids is 1. The van der Waals surface area contributed by atoms with Gasteiger partial charge in [-0.25, -0.2) is 9.78 Å². The average Bonchev–Trinajstić information content (AvgIpc) is 2.72. The molecular weight excluding hydrogens is 400 g/mol. The first-order valence-corrected chi connectivity index (χ1v) is 10.4. The van der Waals surface area contributed by atoms with Crippen molar-refractivity contribution in [3.05, 3.63) is 71.7 Å². The standard InChI is InChI=1S/C23H22N2O4S/c1-14-8-5-6-11-18(14)16-9-7-10-17(12-16)29-21-20(19(13-28-3)23(26)27)22(30-4)25-15(2)24-21/h5-13H,1-4H3,(H,26,27)/b19-13+. The molecule has 1 N–H and O–H groups in total. The van der Waals surface area contributed by atoms with Gasteiger partial charge in [-0.15, -0.1) is 11.8 Å². The normalized spacial score (nSPS) is 11.3. The molecule has 0 aliphatic heterocycles. The van der Waals surface area contributed by atoms with Crippen molar-refractivity contribution in [2.45, 2.75) is 18.9 Å². The summed E-state index contributed by atoms with van der Waals surface area (Å²) in [5.41, 5.74) is 3.44. The summed E-state index contributed by atoms with van der Waals surface area (Å²) in [7, 11) is 1.39. The highest BCUT2D eigenvalue weighted by molar-refractivity contribution is 7.98. The zero-order valence-corrected chi connectivity index (χ0v) is 18.0. The van der Waals surface area contributed by atoms with Gasteiger partial charge < -0.3 is 14.6 Å². The third-order valence-corrected chi connectivity index (χ3v) is 5.07. The van der Waals surface area contributed by atoms with Crippen molar-refractivity contribution in [2.75, 3.05) is 13.4 Å². The molecule has 2 aromatic carbocycles. The predicted octanol–water partition coefficient (Wildman–Crippen LogP) is 5.35. The van der Waals surface area contributed by atoms with Gasteiger partial charge >= 0.3 is 5.97 Å². The number of aryl methyl sites for hydroxylation is 2. The van der Waals surface area contributed by atoms with E-state index in [1.54, 1.807) is 6.92 Å². The highest BCUT2D eigenvalue weighted by atomic mass is 32.2. The van der Waals surface area contributed by atoms with E-state index in [4.69, 9.17) is 9.47 Å². The molecule has 0 fully saturated rings. The van der Waals surface area contributed by atoms with E-state index in [1.807, 2.05) is 61.7 Å². The smallest absolute Gasteiger partial charge is 0.339 e. The Labute approximate surface area is 179 Å². The van der Waals surface area contributed by atoms with Crippen LogP contribution in [0.15, 0.2) is 59.8 Å². The zero-order valence-electron chi connectivity index (χ0n) is 17.2. The molecule has 0 aliphatic rings. The Balaban J connectivity index is 2.10. The van der Waals surface area contributed by atoms with Gasteiger partial charge in [0.2, 0.25) is 5.88 Å². The van der Waals surface area contributed by atoms with Gasteiger partial charge in [0.05, 0.1) is 18.9 Å². The summed E-state index contributed by atoms with van der Waals surface area (Å²) in [4.78, 5) is 20.6. The van der Waals surface area contributed by atoms with Crippen LogP contribution >= 0.6 is 11.8 Å². The molecule has 0 saturated carbocycles. The van der Waals surface area contributed by atoms with Gasteiger partial charge in [0.15, 0.2) is 0 Å². The molecule has 6 nitrogen and oxygen atoms in total. The van der Waals surface area contributed by atoms with Crippen LogP contribution in [0.25, 0.3) is 16.7 Å². The maximum absolute atomic E-state index is 11.9. The monoisotopic (exact) mass is 422 g/mol. The lowest BCUT2D eigenvalue weighted by Gasteiger charge is -2.15. The van der Waals surface area contributed by atoms with E-state index in [9.17, 15) is 9.90 Å². The molecule has 1 heterocycles. The minimum absolute atomic E-state index is 0.0769. The van der Waals surface area contributed by atoms with Crippen LogP contribution in [0.5, 0.6) is 11.6 Å². The first-order chi connectivity index (χ1) is 14.4. The van der Waals surface area contributed by atoms with E-state index >= 15 is 0 Å². The third kappa shape index (κ3) is 4.63. The number of aromatic nitrogens is 2. The molecule has 0 atom stereocenters. The molecule has 0 amide bonds. The number of benzene rings is 2. The first kappa shape index (κ1) is 21.4. The molecule has 3 aromatic rings. The van der Waals surface area contributed by atoms with Crippen LogP contribution in [0, 0.1) is 13.8 Å². The zero-order chi connectivity index (χ0) is 21.7. The number of methoxy groups -OCH3 is 1. The van der Waals surface area contributed by atoms with Crippen LogP contribution in [-0.2, 0) is 9.53 Å². The second-order valence-electron chi connectivity index (χ2n) is 6.48. The van der Waals surface area contributed by atoms with Crippen LogP contribution in [0.2, 0.25) is 0 Å². The molecule has 0 saturated heterocycles. The number of hydrogen-bond acceptors (Lipinski definition) is 6. The van der Waals surface area contributed by atoms with Gasteiger partial charge in [-0.05, 0) is 48.9 Å². The van der Waals surface area contributed by atoms with Crippen LogP contribution < -0.4 is 4.74 Å². The Morgan fingerprint density at radius 3 is 2.53 bits per heavy atom. The van der Waals surface area contributed by atoms with Crippen LogP contribution in [-0.4, -0.2) is 34.4 Å². The Morgan fingerprint density at radius 2 is 1.87 bits per heavy atom. The molecule has 0 spiro atoms. The summed E-state index contributed by atoms with van der Waals surface area (Å²) in [6, 6.07) is 15.7. The summed E-state index contributed by atoms with van der Waals surface area (Å²) in [5.74, 6) is 0.0391. The Kier molecular flexibility index (Phi) is 6.74. The van der Waals surface area contributed by atoms with Crippen molar-refractivity contribution in [1.29, 1.82) is 0 Å². The van der Waals surface area contributed by atoms with Crippen molar-refractivity contribution >= 4 is 23.3 Å². The number of hydrogen-bond donors (Lipinski definition) is 1. The predicted molar refractivity (Wildman–Crippen MR) is 118 cm³/mol. The third-order valence-electron chi connectivity index (χ3n) is 4.39. The van der Waals surface area contributed by atoms with E-state index in [2.05, 4.69) is 9.97 Å². The van der Waals surface area contributed by atoms with Gasteiger partial charge in [0, 0.05) is 0 Å². The molecule has 7 heteroatoms. The van der Waals surface area contributed by atoms with E-state index in [0.717, 1.165) is 23.0 Å². The molecule has 0 unspecified atom stereocenters. The molecule has 0 bridgehead atoms. The van der Waals surface area contributed by atoms with Crippen molar-refractivity contribution in [1.82, 2.24) is 9.97 Å². The molecule has 30 heavy (non-hydrogen) atoms. The molecule has 0 aliphatic carbocycles. The largest absolute Gasteiger partial charge is 0.503 e. The number of rotatable bonds is 7. The van der Waals surface area contributed by atoms with E-state index < -0.39 is 5.97 Å². The lowest BCUT2D eigenvalue weighted by Crippen LogP contribution is -2.08. The number of carboxylic acids is 1.